The Morgan fingerprint density at radius 1 is 1.50 bits per heavy atom. The van der Waals surface area contributed by atoms with E-state index >= 15 is 0 Å². The second-order valence-electron chi connectivity index (χ2n) is 3.85. The molecular formula is C10H19N3O. The number of nitriles is 1. The Balaban J connectivity index is 3.88. The highest BCUT2D eigenvalue weighted by Crippen LogP contribution is 1.98. The summed E-state index contributed by atoms with van der Waals surface area (Å²) in [5.41, 5.74) is 0. The molecule has 0 fully saturated rings. The Bertz CT molecular complexity index is 220. The first-order valence-electron chi connectivity index (χ1n) is 4.84. The summed E-state index contributed by atoms with van der Waals surface area (Å²) >= 11 is 0. The lowest BCUT2D eigenvalue weighted by Gasteiger charge is -2.22. The minimum Gasteiger partial charge on any atom is -0.353 e. The van der Waals surface area contributed by atoms with E-state index in [1.165, 1.54) is 0 Å². The average molecular weight is 197 g/mol. The van der Waals surface area contributed by atoms with Gasteiger partial charge in [0.05, 0.1) is 19.0 Å². The fourth-order valence-corrected chi connectivity index (χ4v) is 1.04. The molecule has 0 heterocycles. The standard InChI is InChI=1S/C10H19N3O/c1-8(2)12-10(14)7-13(4)9(3)5-6-11/h8-9H,5,7H2,1-4H3,(H,12,14). The second kappa shape index (κ2) is 6.39. The first-order valence-corrected chi connectivity index (χ1v) is 4.84. The van der Waals surface area contributed by atoms with Crippen LogP contribution >= 0.6 is 0 Å². The molecule has 14 heavy (non-hydrogen) atoms. The van der Waals surface area contributed by atoms with Gasteiger partial charge in [0.25, 0.3) is 0 Å². The van der Waals surface area contributed by atoms with Crippen molar-refractivity contribution < 1.29 is 4.79 Å². The summed E-state index contributed by atoms with van der Waals surface area (Å²) in [4.78, 5) is 13.2. The molecule has 1 N–H and O–H groups in total. The summed E-state index contributed by atoms with van der Waals surface area (Å²) in [6, 6.07) is 2.38. The van der Waals surface area contributed by atoms with Crippen molar-refractivity contribution in [3.63, 3.8) is 0 Å². The molecule has 1 amide bonds. The van der Waals surface area contributed by atoms with Crippen LogP contribution in [0.5, 0.6) is 0 Å². The molecule has 0 aromatic rings. The highest BCUT2D eigenvalue weighted by atomic mass is 16.2. The number of carbonyl (C=O) groups is 1. The third-order valence-corrected chi connectivity index (χ3v) is 1.98. The van der Waals surface area contributed by atoms with E-state index in [0.29, 0.717) is 13.0 Å². The van der Waals surface area contributed by atoms with E-state index in [0.717, 1.165) is 0 Å². The van der Waals surface area contributed by atoms with Crippen molar-refractivity contribution >= 4 is 5.91 Å². The van der Waals surface area contributed by atoms with Crippen LogP contribution in [0, 0.1) is 11.3 Å². The summed E-state index contributed by atoms with van der Waals surface area (Å²) in [7, 11) is 1.85. The molecule has 1 atom stereocenters. The van der Waals surface area contributed by atoms with Crippen molar-refractivity contribution in [2.45, 2.75) is 39.3 Å². The lowest BCUT2D eigenvalue weighted by molar-refractivity contribution is -0.122. The molecule has 0 saturated heterocycles. The van der Waals surface area contributed by atoms with Crippen molar-refractivity contribution in [2.24, 2.45) is 0 Å². The largest absolute Gasteiger partial charge is 0.353 e. The van der Waals surface area contributed by atoms with Crippen molar-refractivity contribution in [1.82, 2.24) is 10.2 Å². The molecule has 0 aliphatic heterocycles. The van der Waals surface area contributed by atoms with Gasteiger partial charge >= 0.3 is 0 Å². The number of likely N-dealkylation sites (N-methyl/N-ethyl adjacent to an activating group) is 1. The van der Waals surface area contributed by atoms with Gasteiger partial charge in [-0.1, -0.05) is 0 Å². The number of nitrogens with zero attached hydrogens (tertiary/aromatic N) is 2. The lowest BCUT2D eigenvalue weighted by atomic mass is 10.2. The normalized spacial score (nSPS) is 12.6. The maximum absolute atomic E-state index is 11.3. The molecule has 0 spiro atoms. The molecule has 4 nitrogen and oxygen atoms in total. The molecule has 80 valence electrons. The lowest BCUT2D eigenvalue weighted by Crippen LogP contribution is -2.41. The quantitative estimate of drug-likeness (QED) is 0.707. The highest BCUT2D eigenvalue weighted by Gasteiger charge is 2.12. The van der Waals surface area contributed by atoms with Gasteiger partial charge in [-0.3, -0.25) is 9.69 Å². The zero-order chi connectivity index (χ0) is 11.1. The number of rotatable bonds is 5. The third-order valence-electron chi connectivity index (χ3n) is 1.98. The maximum atomic E-state index is 11.3. The Morgan fingerprint density at radius 2 is 2.07 bits per heavy atom. The van der Waals surface area contributed by atoms with Gasteiger partial charge in [0.2, 0.25) is 5.91 Å². The predicted octanol–water partition coefficient (Wildman–Crippen LogP) is 0.745. The SMILES string of the molecule is CC(C)NC(=O)CN(C)C(C)CC#N. The molecule has 0 rings (SSSR count). The van der Waals surface area contributed by atoms with Gasteiger partial charge in [-0.25, -0.2) is 0 Å². The Kier molecular flexibility index (Phi) is 5.89. The summed E-state index contributed by atoms with van der Waals surface area (Å²) in [5, 5.41) is 11.3. The van der Waals surface area contributed by atoms with Crippen LogP contribution in [0.1, 0.15) is 27.2 Å². The number of hydrogen-bond acceptors (Lipinski definition) is 3. The second-order valence-corrected chi connectivity index (χ2v) is 3.85. The summed E-state index contributed by atoms with van der Waals surface area (Å²) in [5.74, 6) is 0.00675. The minimum atomic E-state index is 0.00675. The van der Waals surface area contributed by atoms with Gasteiger partial charge in [-0.2, -0.15) is 5.26 Å². The summed E-state index contributed by atoms with van der Waals surface area (Å²) < 4.78 is 0. The molecule has 1 unspecified atom stereocenters. The smallest absolute Gasteiger partial charge is 0.234 e. The van der Waals surface area contributed by atoms with Gasteiger partial charge in [-0.05, 0) is 27.8 Å². The summed E-state index contributed by atoms with van der Waals surface area (Å²) in [6.45, 7) is 6.14. The van der Waals surface area contributed by atoms with E-state index in [1.54, 1.807) is 0 Å². The maximum Gasteiger partial charge on any atom is 0.234 e. The molecule has 0 aromatic carbocycles. The van der Waals surface area contributed by atoms with Crippen molar-refractivity contribution in [3.8, 4) is 6.07 Å². The first-order chi connectivity index (χ1) is 6.47. The van der Waals surface area contributed by atoms with Crippen molar-refractivity contribution in [2.75, 3.05) is 13.6 Å². The zero-order valence-electron chi connectivity index (χ0n) is 9.37. The molecule has 0 aliphatic carbocycles. The van der Waals surface area contributed by atoms with Crippen molar-refractivity contribution in [3.05, 3.63) is 0 Å². The van der Waals surface area contributed by atoms with Crippen LogP contribution < -0.4 is 5.32 Å². The molecule has 0 aromatic heterocycles. The Hall–Kier alpha value is -1.08. The first kappa shape index (κ1) is 12.9. The van der Waals surface area contributed by atoms with Gasteiger partial charge < -0.3 is 5.32 Å². The van der Waals surface area contributed by atoms with E-state index in [9.17, 15) is 4.79 Å². The van der Waals surface area contributed by atoms with E-state index in [4.69, 9.17) is 5.26 Å². The van der Waals surface area contributed by atoms with Crippen LogP contribution in [0.25, 0.3) is 0 Å². The number of nitrogens with one attached hydrogen (secondary N) is 1. The van der Waals surface area contributed by atoms with Gasteiger partial charge in [0.15, 0.2) is 0 Å². The minimum absolute atomic E-state index is 0.00675. The monoisotopic (exact) mass is 197 g/mol. The van der Waals surface area contributed by atoms with Crippen LogP contribution in [0.2, 0.25) is 0 Å². The average Bonchev–Trinajstić information content (AvgIpc) is 2.02. The van der Waals surface area contributed by atoms with Gasteiger partial charge in [-0.15, -0.1) is 0 Å². The van der Waals surface area contributed by atoms with Crippen LogP contribution in [0.4, 0.5) is 0 Å². The summed E-state index contributed by atoms with van der Waals surface area (Å²) in [6.07, 6.45) is 0.450. The zero-order valence-corrected chi connectivity index (χ0v) is 9.37. The fourth-order valence-electron chi connectivity index (χ4n) is 1.04. The van der Waals surface area contributed by atoms with Crippen LogP contribution in [-0.2, 0) is 4.79 Å². The van der Waals surface area contributed by atoms with E-state index in [-0.39, 0.29) is 18.0 Å². The van der Waals surface area contributed by atoms with Gasteiger partial charge in [0.1, 0.15) is 0 Å². The van der Waals surface area contributed by atoms with Crippen LogP contribution in [0.15, 0.2) is 0 Å². The van der Waals surface area contributed by atoms with Crippen molar-refractivity contribution in [1.29, 1.82) is 5.26 Å². The van der Waals surface area contributed by atoms with Crippen LogP contribution in [-0.4, -0.2) is 36.5 Å². The number of hydrogen-bond donors (Lipinski definition) is 1. The molecule has 0 saturated carbocycles. The Labute approximate surface area is 85.9 Å². The van der Waals surface area contributed by atoms with E-state index < -0.39 is 0 Å². The van der Waals surface area contributed by atoms with Gasteiger partial charge in [0, 0.05) is 12.1 Å². The number of amides is 1. The molecule has 0 radical (unpaired) electrons. The molecule has 0 bridgehead atoms. The highest BCUT2D eigenvalue weighted by molar-refractivity contribution is 5.78. The fraction of sp³-hybridized carbons (Fsp3) is 0.800. The third kappa shape index (κ3) is 5.55. The molecule has 0 aliphatic rings. The topological polar surface area (TPSA) is 56.1 Å². The molecular weight excluding hydrogens is 178 g/mol. The van der Waals surface area contributed by atoms with E-state index in [2.05, 4.69) is 11.4 Å². The predicted molar refractivity (Wildman–Crippen MR) is 55.6 cm³/mol. The van der Waals surface area contributed by atoms with E-state index in [1.807, 2.05) is 32.7 Å². The van der Waals surface area contributed by atoms with Crippen LogP contribution in [0.3, 0.4) is 0 Å². The number of carbonyl (C=O) groups excluding carboxylic acids is 1. The Morgan fingerprint density at radius 3 is 2.50 bits per heavy atom. The molecule has 4 heteroatoms.